The Morgan fingerprint density at radius 2 is 1.03 bits per heavy atom. The van der Waals surface area contributed by atoms with Gasteiger partial charge in [-0.05, 0) is 38.1 Å². The van der Waals surface area contributed by atoms with Crippen molar-refractivity contribution < 1.29 is 44.8 Å². The van der Waals surface area contributed by atoms with E-state index in [1.54, 1.807) is 0 Å². The van der Waals surface area contributed by atoms with Gasteiger partial charge in [-0.3, -0.25) is 9.59 Å². The van der Waals surface area contributed by atoms with Crippen LogP contribution in [0.15, 0.2) is 45.2 Å². The molecule has 2 aromatic carbocycles. The monoisotopic (exact) mass is 492 g/mol. The number of fused-ring (bicyclic) bond motifs is 2. The van der Waals surface area contributed by atoms with Gasteiger partial charge in [-0.25, -0.2) is 0 Å². The Hall–Kier alpha value is -3.82. The van der Waals surface area contributed by atoms with Crippen LogP contribution in [0.2, 0.25) is 0 Å². The number of allylic oxidation sites excluding steroid dienone is 2. The third-order valence-corrected chi connectivity index (χ3v) is 6.22. The van der Waals surface area contributed by atoms with Gasteiger partial charge in [0.05, 0.1) is 0 Å². The van der Waals surface area contributed by atoms with Gasteiger partial charge in [-0.1, -0.05) is 12.1 Å². The first kappa shape index (κ1) is 22.9. The number of rotatable bonds is 4. The molecule has 0 amide bonds. The normalized spacial score (nSPS) is 18.5. The van der Waals surface area contributed by atoms with Crippen molar-refractivity contribution in [1.29, 1.82) is 0 Å². The number of carbonyl (C=O) groups excluding carboxylic acids is 2. The lowest BCUT2D eigenvalue weighted by Crippen LogP contribution is -2.49. The molecule has 4 nitrogen and oxygen atoms in total. The molecule has 5 rings (SSSR count). The minimum absolute atomic E-state index is 0.104. The zero-order valence-corrected chi connectivity index (χ0v) is 18.0. The van der Waals surface area contributed by atoms with Gasteiger partial charge in [0.25, 0.3) is 0 Å². The molecule has 0 unspecified atom stereocenters. The third kappa shape index (κ3) is 2.82. The molecule has 0 bridgehead atoms. The fourth-order valence-electron chi connectivity index (χ4n) is 4.63. The summed E-state index contributed by atoms with van der Waals surface area (Å²) in [6.07, 6.45) is 0.922. The summed E-state index contributed by atoms with van der Waals surface area (Å²) in [6.45, 7) is 2.36. The molecule has 1 aliphatic rings. The first-order chi connectivity index (χ1) is 16.4. The molecule has 180 valence electrons. The molecule has 0 saturated heterocycles. The highest BCUT2D eigenvalue weighted by molar-refractivity contribution is 6.12. The molecule has 0 saturated carbocycles. The fraction of sp³-hybridized carbons (Fsp3) is 0.200. The number of halogens is 6. The first-order valence-electron chi connectivity index (χ1n) is 10.2. The zero-order chi connectivity index (χ0) is 25.5. The Labute approximate surface area is 192 Å². The van der Waals surface area contributed by atoms with Crippen LogP contribution in [0.5, 0.6) is 0 Å². The van der Waals surface area contributed by atoms with Crippen molar-refractivity contribution in [1.82, 2.24) is 0 Å². The lowest BCUT2D eigenvalue weighted by atomic mass is 9.91. The molecule has 0 atom stereocenters. The number of alkyl halides is 6. The molecule has 35 heavy (non-hydrogen) atoms. The van der Waals surface area contributed by atoms with Gasteiger partial charge in [0.2, 0.25) is 0 Å². The lowest BCUT2D eigenvalue weighted by molar-refractivity contribution is -0.254. The average Bonchev–Trinajstić information content (AvgIpc) is 3.32. The Kier molecular flexibility index (Phi) is 4.65. The van der Waals surface area contributed by atoms with E-state index in [0.29, 0.717) is 12.6 Å². The van der Waals surface area contributed by atoms with Crippen molar-refractivity contribution in [2.45, 2.75) is 31.6 Å². The standard InChI is InChI=1S/C25H14F6O4/c1-11-19(15-5-3-13(9-32)7-17(15)34-11)21-22(24(28,29)25(30,31)23(21,26)27)20-12(2)35-18-8-14(10-33)4-6-16(18)20/h3-10H,1-2H3. The van der Waals surface area contributed by atoms with E-state index in [-0.39, 0.29) is 44.6 Å². The molecule has 2 aromatic heterocycles. The van der Waals surface area contributed by atoms with Gasteiger partial charge in [0.15, 0.2) is 0 Å². The predicted octanol–water partition coefficient (Wildman–Crippen LogP) is 7.25. The maximum Gasteiger partial charge on any atom is 0.380 e. The largest absolute Gasteiger partial charge is 0.461 e. The van der Waals surface area contributed by atoms with E-state index in [4.69, 9.17) is 8.83 Å². The van der Waals surface area contributed by atoms with E-state index < -0.39 is 40.0 Å². The number of carbonyl (C=O) groups is 2. The molecule has 4 aromatic rings. The summed E-state index contributed by atoms with van der Waals surface area (Å²) in [6, 6.07) is 7.21. The SMILES string of the molecule is Cc1oc2cc(C=O)ccc2c1C1=C(c2c(C)oc3cc(C=O)ccc23)C(F)(F)C(F)(F)C1(F)F. The van der Waals surface area contributed by atoms with E-state index in [9.17, 15) is 18.4 Å². The van der Waals surface area contributed by atoms with Gasteiger partial charge in [-0.15, -0.1) is 0 Å². The molecule has 2 heterocycles. The summed E-state index contributed by atoms with van der Waals surface area (Å²) < 4.78 is 102. The second kappa shape index (κ2) is 7.10. The molecule has 0 fully saturated rings. The topological polar surface area (TPSA) is 60.4 Å². The predicted molar refractivity (Wildman–Crippen MR) is 114 cm³/mol. The Morgan fingerprint density at radius 3 is 1.37 bits per heavy atom. The molecule has 0 aliphatic heterocycles. The van der Waals surface area contributed by atoms with E-state index in [1.165, 1.54) is 50.2 Å². The molecular weight excluding hydrogens is 478 g/mol. The molecule has 0 N–H and O–H groups in total. The number of hydrogen-bond acceptors (Lipinski definition) is 4. The first-order valence-corrected chi connectivity index (χ1v) is 10.2. The molecule has 0 spiro atoms. The van der Waals surface area contributed by atoms with Crippen molar-refractivity contribution >= 4 is 45.7 Å². The summed E-state index contributed by atoms with van der Waals surface area (Å²) in [5, 5.41) is -0.273. The van der Waals surface area contributed by atoms with E-state index in [0.717, 1.165) is 0 Å². The van der Waals surface area contributed by atoms with E-state index in [1.807, 2.05) is 0 Å². The van der Waals surface area contributed by atoms with E-state index >= 15 is 17.6 Å². The maximum atomic E-state index is 15.3. The Bertz CT molecular complexity index is 1470. The van der Waals surface area contributed by atoms with Crippen molar-refractivity contribution in [2.24, 2.45) is 0 Å². The van der Waals surface area contributed by atoms with Crippen molar-refractivity contribution in [3.63, 3.8) is 0 Å². The van der Waals surface area contributed by atoms with Crippen LogP contribution in [-0.2, 0) is 0 Å². The minimum Gasteiger partial charge on any atom is -0.461 e. The van der Waals surface area contributed by atoms with Gasteiger partial charge in [-0.2, -0.15) is 26.3 Å². The minimum atomic E-state index is -5.78. The van der Waals surface area contributed by atoms with Crippen LogP contribution in [0, 0.1) is 13.8 Å². The summed E-state index contributed by atoms with van der Waals surface area (Å²) in [5.74, 6) is -17.0. The molecule has 0 radical (unpaired) electrons. The Morgan fingerprint density at radius 1 is 0.657 bits per heavy atom. The summed E-state index contributed by atoms with van der Waals surface area (Å²) in [7, 11) is 0. The number of hydrogen-bond donors (Lipinski definition) is 0. The van der Waals surface area contributed by atoms with Crippen molar-refractivity contribution in [3.8, 4) is 0 Å². The molecule has 10 heteroatoms. The number of benzene rings is 2. The highest BCUT2D eigenvalue weighted by Crippen LogP contribution is 2.66. The second-order valence-electron chi connectivity index (χ2n) is 8.29. The van der Waals surface area contributed by atoms with Crippen LogP contribution in [0.25, 0.3) is 33.1 Å². The highest BCUT2D eigenvalue weighted by atomic mass is 19.3. The van der Waals surface area contributed by atoms with Gasteiger partial charge in [0, 0.05) is 44.2 Å². The maximum absolute atomic E-state index is 15.3. The van der Waals surface area contributed by atoms with Crippen LogP contribution in [0.1, 0.15) is 43.4 Å². The van der Waals surface area contributed by atoms with Crippen LogP contribution < -0.4 is 0 Å². The summed E-state index contributed by atoms with van der Waals surface area (Å²) in [5.41, 5.74) is -4.40. The van der Waals surface area contributed by atoms with Crippen LogP contribution in [0.4, 0.5) is 26.3 Å². The highest BCUT2D eigenvalue weighted by Gasteiger charge is 2.80. The smallest absolute Gasteiger partial charge is 0.380 e. The van der Waals surface area contributed by atoms with Gasteiger partial charge < -0.3 is 8.83 Å². The van der Waals surface area contributed by atoms with Gasteiger partial charge in [0.1, 0.15) is 35.3 Å². The zero-order valence-electron chi connectivity index (χ0n) is 18.0. The fourth-order valence-corrected chi connectivity index (χ4v) is 4.63. The summed E-state index contributed by atoms with van der Waals surface area (Å²) >= 11 is 0. The van der Waals surface area contributed by atoms with E-state index in [2.05, 4.69) is 0 Å². The lowest BCUT2D eigenvalue weighted by Gasteiger charge is -2.25. The molecule has 1 aliphatic carbocycles. The summed E-state index contributed by atoms with van der Waals surface area (Å²) in [4.78, 5) is 22.2. The van der Waals surface area contributed by atoms with Crippen molar-refractivity contribution in [3.05, 3.63) is 70.2 Å². The van der Waals surface area contributed by atoms with Crippen LogP contribution in [0.3, 0.4) is 0 Å². The average molecular weight is 492 g/mol. The molecular formula is C25H14F6O4. The number of furan rings is 2. The quantitative estimate of drug-likeness (QED) is 0.222. The van der Waals surface area contributed by atoms with Crippen LogP contribution >= 0.6 is 0 Å². The number of aryl methyl sites for hydroxylation is 2. The Balaban J connectivity index is 1.96. The number of aldehydes is 2. The third-order valence-electron chi connectivity index (χ3n) is 6.22. The second-order valence-corrected chi connectivity index (χ2v) is 8.29. The van der Waals surface area contributed by atoms with Crippen LogP contribution in [-0.4, -0.2) is 30.3 Å². The van der Waals surface area contributed by atoms with Gasteiger partial charge >= 0.3 is 17.8 Å². The van der Waals surface area contributed by atoms with Crippen molar-refractivity contribution in [2.75, 3.05) is 0 Å².